The van der Waals surface area contributed by atoms with E-state index in [1.165, 1.54) is 7.11 Å². The Labute approximate surface area is 175 Å². The van der Waals surface area contributed by atoms with Crippen molar-refractivity contribution in [1.29, 1.82) is 0 Å². The van der Waals surface area contributed by atoms with Gasteiger partial charge in [0.15, 0.2) is 11.5 Å². The Kier molecular flexibility index (Phi) is 6.51. The highest BCUT2D eigenvalue weighted by atomic mass is 16.5. The summed E-state index contributed by atoms with van der Waals surface area (Å²) >= 11 is 0. The largest absolute Gasteiger partial charge is 0.493 e. The van der Waals surface area contributed by atoms with Gasteiger partial charge in [-0.05, 0) is 56.7 Å². The second-order valence-corrected chi connectivity index (χ2v) is 6.94. The third-order valence-electron chi connectivity index (χ3n) is 4.58. The van der Waals surface area contributed by atoms with Gasteiger partial charge >= 0.3 is 0 Å². The van der Waals surface area contributed by atoms with Gasteiger partial charge in [0.05, 0.1) is 30.5 Å². The van der Waals surface area contributed by atoms with Crippen LogP contribution in [0.4, 0.5) is 0 Å². The highest BCUT2D eigenvalue weighted by molar-refractivity contribution is 6.01. The smallest absolute Gasteiger partial charge is 0.271 e. The fourth-order valence-corrected chi connectivity index (χ4v) is 3.02. The van der Waals surface area contributed by atoms with Crippen molar-refractivity contribution in [3.63, 3.8) is 0 Å². The number of fused-ring (bicyclic) bond motifs is 1. The molecule has 2 amide bonds. The summed E-state index contributed by atoms with van der Waals surface area (Å²) in [6, 6.07) is 12.5. The molecule has 0 saturated heterocycles. The quantitative estimate of drug-likeness (QED) is 0.608. The van der Waals surface area contributed by atoms with E-state index in [0.717, 1.165) is 22.9 Å². The van der Waals surface area contributed by atoms with Crippen molar-refractivity contribution < 1.29 is 19.1 Å². The highest BCUT2D eigenvalue weighted by Gasteiger charge is 2.15. The normalized spacial score (nSPS) is 10.5. The van der Waals surface area contributed by atoms with Crippen LogP contribution in [0, 0.1) is 13.8 Å². The van der Waals surface area contributed by atoms with E-state index in [2.05, 4.69) is 15.8 Å². The number of pyridine rings is 1. The summed E-state index contributed by atoms with van der Waals surface area (Å²) in [7, 11) is 1.51. The van der Waals surface area contributed by atoms with Gasteiger partial charge in [0.25, 0.3) is 11.8 Å². The Morgan fingerprint density at radius 3 is 2.47 bits per heavy atom. The van der Waals surface area contributed by atoms with Crippen LogP contribution in [0.2, 0.25) is 0 Å². The van der Waals surface area contributed by atoms with Gasteiger partial charge in [-0.15, -0.1) is 0 Å². The van der Waals surface area contributed by atoms with Gasteiger partial charge in [0, 0.05) is 10.9 Å². The number of nitrogens with zero attached hydrogens (tertiary/aromatic N) is 1. The van der Waals surface area contributed by atoms with Crippen LogP contribution in [0.3, 0.4) is 0 Å². The molecular formula is C23H25N3O4. The molecular weight excluding hydrogens is 382 g/mol. The van der Waals surface area contributed by atoms with Gasteiger partial charge in [-0.1, -0.05) is 18.6 Å². The zero-order valence-electron chi connectivity index (χ0n) is 17.5. The highest BCUT2D eigenvalue weighted by Crippen LogP contribution is 2.28. The third kappa shape index (κ3) is 4.68. The fourth-order valence-electron chi connectivity index (χ4n) is 3.02. The summed E-state index contributed by atoms with van der Waals surface area (Å²) in [4.78, 5) is 29.6. The van der Waals surface area contributed by atoms with E-state index in [1.54, 1.807) is 31.2 Å². The number of ether oxygens (including phenoxy) is 2. The SMILES string of the molecule is CCCOc1ccc(C(=O)NNC(=O)c2cc3cc(C)ccc3nc2C)cc1OC. The molecule has 3 rings (SSSR count). The molecule has 0 unspecified atom stereocenters. The molecule has 30 heavy (non-hydrogen) atoms. The maximum atomic E-state index is 12.6. The number of benzene rings is 2. The molecule has 7 heteroatoms. The molecule has 3 aromatic rings. The van der Waals surface area contributed by atoms with Crippen molar-refractivity contribution >= 4 is 22.7 Å². The zero-order chi connectivity index (χ0) is 21.7. The third-order valence-corrected chi connectivity index (χ3v) is 4.58. The molecule has 0 atom stereocenters. The molecule has 1 heterocycles. The molecule has 156 valence electrons. The van der Waals surface area contributed by atoms with Crippen LogP contribution in [0.5, 0.6) is 11.5 Å². The van der Waals surface area contributed by atoms with Crippen LogP contribution < -0.4 is 20.3 Å². The van der Waals surface area contributed by atoms with Crippen molar-refractivity contribution in [3.05, 3.63) is 64.8 Å². The predicted molar refractivity (Wildman–Crippen MR) is 115 cm³/mol. The Hall–Kier alpha value is -3.61. The lowest BCUT2D eigenvalue weighted by Gasteiger charge is -2.13. The number of hydrazine groups is 1. The van der Waals surface area contributed by atoms with E-state index in [0.29, 0.717) is 34.9 Å². The summed E-state index contributed by atoms with van der Waals surface area (Å²) in [6.45, 7) is 6.30. The molecule has 0 spiro atoms. The van der Waals surface area contributed by atoms with Crippen LogP contribution in [-0.2, 0) is 0 Å². The predicted octanol–water partition coefficient (Wildman–Crippen LogP) is 3.72. The van der Waals surface area contributed by atoms with Gasteiger partial charge in [0.1, 0.15) is 0 Å². The first-order chi connectivity index (χ1) is 14.4. The molecule has 1 aromatic heterocycles. The average Bonchev–Trinajstić information content (AvgIpc) is 2.75. The minimum absolute atomic E-state index is 0.333. The topological polar surface area (TPSA) is 89.6 Å². The maximum absolute atomic E-state index is 12.6. The number of carbonyl (C=O) groups excluding carboxylic acids is 2. The number of methoxy groups -OCH3 is 1. The second-order valence-electron chi connectivity index (χ2n) is 6.94. The number of carbonyl (C=O) groups is 2. The minimum Gasteiger partial charge on any atom is -0.493 e. The van der Waals surface area contributed by atoms with Gasteiger partial charge < -0.3 is 9.47 Å². The maximum Gasteiger partial charge on any atom is 0.271 e. The standard InChI is InChI=1S/C23H25N3O4/c1-5-10-30-20-9-7-16(13-21(20)29-4)22(27)25-26-23(28)18-12-17-11-14(2)6-8-19(17)24-15(18)3/h6-9,11-13H,5,10H2,1-4H3,(H,25,27)(H,26,28). The van der Waals surface area contributed by atoms with E-state index in [4.69, 9.17) is 9.47 Å². The molecule has 7 nitrogen and oxygen atoms in total. The Bertz CT molecular complexity index is 1100. The summed E-state index contributed by atoms with van der Waals surface area (Å²) in [5, 5.41) is 0.865. The van der Waals surface area contributed by atoms with Crippen molar-refractivity contribution in [2.45, 2.75) is 27.2 Å². The number of rotatable bonds is 6. The van der Waals surface area contributed by atoms with E-state index in [-0.39, 0.29) is 0 Å². The number of aryl methyl sites for hydroxylation is 2. The molecule has 0 saturated carbocycles. The lowest BCUT2D eigenvalue weighted by molar-refractivity contribution is 0.0846. The Morgan fingerprint density at radius 1 is 0.967 bits per heavy atom. The van der Waals surface area contributed by atoms with Gasteiger partial charge in [-0.2, -0.15) is 0 Å². The summed E-state index contributed by atoms with van der Waals surface area (Å²) < 4.78 is 10.9. The van der Waals surface area contributed by atoms with Crippen molar-refractivity contribution in [1.82, 2.24) is 15.8 Å². The lowest BCUT2D eigenvalue weighted by Crippen LogP contribution is -2.42. The fraction of sp³-hybridized carbons (Fsp3) is 0.261. The molecule has 0 aliphatic heterocycles. The van der Waals surface area contributed by atoms with Crippen molar-refractivity contribution in [2.24, 2.45) is 0 Å². The van der Waals surface area contributed by atoms with Crippen LogP contribution in [0.25, 0.3) is 10.9 Å². The number of hydrogen-bond acceptors (Lipinski definition) is 5. The number of hydrogen-bond donors (Lipinski definition) is 2. The monoisotopic (exact) mass is 407 g/mol. The van der Waals surface area contributed by atoms with E-state index in [9.17, 15) is 9.59 Å². The average molecular weight is 407 g/mol. The van der Waals surface area contributed by atoms with Crippen LogP contribution in [0.1, 0.15) is 45.3 Å². The first-order valence-corrected chi connectivity index (χ1v) is 9.72. The van der Waals surface area contributed by atoms with E-state index >= 15 is 0 Å². The van der Waals surface area contributed by atoms with Gasteiger partial charge in [-0.3, -0.25) is 25.4 Å². The molecule has 2 N–H and O–H groups in total. The first-order valence-electron chi connectivity index (χ1n) is 9.72. The Morgan fingerprint density at radius 2 is 1.73 bits per heavy atom. The Balaban J connectivity index is 1.72. The molecule has 0 aliphatic carbocycles. The van der Waals surface area contributed by atoms with E-state index in [1.807, 2.05) is 32.0 Å². The summed E-state index contributed by atoms with van der Waals surface area (Å²) in [6.07, 6.45) is 0.861. The summed E-state index contributed by atoms with van der Waals surface area (Å²) in [5.41, 5.74) is 8.09. The number of amides is 2. The van der Waals surface area contributed by atoms with Crippen LogP contribution in [0.15, 0.2) is 42.5 Å². The lowest BCUT2D eigenvalue weighted by atomic mass is 10.1. The van der Waals surface area contributed by atoms with Gasteiger partial charge in [-0.25, -0.2) is 0 Å². The molecule has 0 radical (unpaired) electrons. The number of nitrogens with one attached hydrogen (secondary N) is 2. The number of aromatic nitrogens is 1. The molecule has 0 aliphatic rings. The van der Waals surface area contributed by atoms with E-state index < -0.39 is 11.8 Å². The summed E-state index contributed by atoms with van der Waals surface area (Å²) in [5.74, 6) is 0.109. The first kappa shape index (κ1) is 21.1. The van der Waals surface area contributed by atoms with Gasteiger partial charge in [0.2, 0.25) is 0 Å². The minimum atomic E-state index is -0.467. The molecule has 0 bridgehead atoms. The van der Waals surface area contributed by atoms with Crippen molar-refractivity contribution in [2.75, 3.05) is 13.7 Å². The molecule has 0 fully saturated rings. The second kappa shape index (κ2) is 9.26. The van der Waals surface area contributed by atoms with Crippen LogP contribution >= 0.6 is 0 Å². The zero-order valence-corrected chi connectivity index (χ0v) is 17.5. The van der Waals surface area contributed by atoms with Crippen LogP contribution in [-0.4, -0.2) is 30.5 Å². The molecule has 2 aromatic carbocycles. The van der Waals surface area contributed by atoms with Crippen molar-refractivity contribution in [3.8, 4) is 11.5 Å².